The molecule has 2 aromatic carbocycles. The molecule has 2 atom stereocenters. The first-order valence-corrected chi connectivity index (χ1v) is 15.2. The number of aryl methyl sites for hydroxylation is 2. The summed E-state index contributed by atoms with van der Waals surface area (Å²) in [4.78, 5) is 55.8. The maximum absolute atomic E-state index is 14.4. The van der Waals surface area contributed by atoms with Gasteiger partial charge in [0, 0.05) is 12.0 Å². The van der Waals surface area contributed by atoms with Gasteiger partial charge in [0.05, 0.1) is 0 Å². The summed E-state index contributed by atoms with van der Waals surface area (Å²) in [5, 5.41) is 5.48. The normalized spacial score (nSPS) is 13.3. The molecule has 0 aliphatic rings. The zero-order valence-corrected chi connectivity index (χ0v) is 28.3. The van der Waals surface area contributed by atoms with E-state index in [9.17, 15) is 19.2 Å². The van der Waals surface area contributed by atoms with Gasteiger partial charge in [-0.2, -0.15) is 0 Å². The number of hydrogen-bond acceptors (Lipinski definition) is 6. The van der Waals surface area contributed by atoms with Crippen LogP contribution in [0.4, 0.5) is 4.79 Å². The van der Waals surface area contributed by atoms with E-state index in [1.807, 2.05) is 83.1 Å². The molecule has 2 aromatic rings. The Bertz CT molecular complexity index is 1290. The number of nitrogens with zero attached hydrogens (tertiary/aromatic N) is 1. The molecule has 0 spiro atoms. The molecule has 0 heterocycles. The highest BCUT2D eigenvalue weighted by Crippen LogP contribution is 2.32. The average Bonchev–Trinajstić information content (AvgIpc) is 2.87. The van der Waals surface area contributed by atoms with E-state index >= 15 is 0 Å². The van der Waals surface area contributed by atoms with Crippen molar-refractivity contribution in [2.45, 2.75) is 118 Å². The Labute approximate surface area is 263 Å². The number of benzene rings is 2. The third-order valence-electron chi connectivity index (χ3n) is 6.93. The van der Waals surface area contributed by atoms with Crippen molar-refractivity contribution in [2.75, 3.05) is 6.54 Å². The second-order valence-corrected chi connectivity index (χ2v) is 13.9. The molecular formula is C35H51N3O6. The van der Waals surface area contributed by atoms with Gasteiger partial charge in [0.15, 0.2) is 0 Å². The van der Waals surface area contributed by atoms with E-state index in [1.165, 1.54) is 4.90 Å². The molecule has 0 radical (unpaired) electrons. The van der Waals surface area contributed by atoms with E-state index in [4.69, 9.17) is 9.47 Å². The number of alkyl carbamates (subject to hydrolysis) is 1. The Morgan fingerprint density at radius 3 is 1.86 bits per heavy atom. The Morgan fingerprint density at radius 2 is 1.36 bits per heavy atom. The van der Waals surface area contributed by atoms with E-state index < -0.39 is 52.7 Å². The van der Waals surface area contributed by atoms with Crippen LogP contribution in [0.3, 0.4) is 0 Å². The van der Waals surface area contributed by atoms with Gasteiger partial charge < -0.3 is 25.0 Å². The van der Waals surface area contributed by atoms with E-state index in [0.717, 1.165) is 16.7 Å². The molecule has 2 rings (SSSR count). The fourth-order valence-corrected chi connectivity index (χ4v) is 4.80. The van der Waals surface area contributed by atoms with Gasteiger partial charge in [-0.3, -0.25) is 9.59 Å². The van der Waals surface area contributed by atoms with Gasteiger partial charge in [0.25, 0.3) is 0 Å². The topological polar surface area (TPSA) is 114 Å². The predicted molar refractivity (Wildman–Crippen MR) is 172 cm³/mol. The molecule has 0 saturated heterocycles. The SMILES string of the molecule is CCC(C)(C)N(C(=O)CNC(=O)OC(C)(C)C)C(C(=O)NC(Cc1ccccc1)C(=O)OC(C)(C)C)c1cc(C)cc(C)c1. The van der Waals surface area contributed by atoms with Crippen LogP contribution in [0, 0.1) is 13.8 Å². The predicted octanol–water partition coefficient (Wildman–Crippen LogP) is 5.96. The van der Waals surface area contributed by atoms with E-state index in [-0.39, 0.29) is 13.0 Å². The lowest BCUT2D eigenvalue weighted by Gasteiger charge is -2.43. The monoisotopic (exact) mass is 609 g/mol. The highest BCUT2D eigenvalue weighted by molar-refractivity contribution is 5.93. The van der Waals surface area contributed by atoms with Crippen LogP contribution >= 0.6 is 0 Å². The summed E-state index contributed by atoms with van der Waals surface area (Å²) in [6.45, 7) is 19.6. The molecule has 2 N–H and O–H groups in total. The molecule has 9 heteroatoms. The third kappa shape index (κ3) is 11.3. The number of rotatable bonds is 11. The third-order valence-corrected chi connectivity index (χ3v) is 6.93. The van der Waals surface area contributed by atoms with Gasteiger partial charge >= 0.3 is 12.1 Å². The zero-order valence-electron chi connectivity index (χ0n) is 28.3. The maximum Gasteiger partial charge on any atom is 0.408 e. The van der Waals surface area contributed by atoms with E-state index in [0.29, 0.717) is 12.0 Å². The summed E-state index contributed by atoms with van der Waals surface area (Å²) in [6.07, 6.45) is -0.0219. The van der Waals surface area contributed by atoms with Gasteiger partial charge in [-0.1, -0.05) is 66.6 Å². The lowest BCUT2D eigenvalue weighted by atomic mass is 9.91. The molecule has 2 unspecified atom stereocenters. The van der Waals surface area contributed by atoms with Crippen LogP contribution in [-0.2, 0) is 30.3 Å². The molecule has 0 aliphatic heterocycles. The van der Waals surface area contributed by atoms with Gasteiger partial charge in [-0.15, -0.1) is 0 Å². The van der Waals surface area contributed by atoms with Crippen molar-refractivity contribution in [3.63, 3.8) is 0 Å². The van der Waals surface area contributed by atoms with Gasteiger partial charge in [-0.25, -0.2) is 9.59 Å². The van der Waals surface area contributed by atoms with E-state index in [1.54, 1.807) is 41.5 Å². The molecule has 0 aliphatic carbocycles. The summed E-state index contributed by atoms with van der Waals surface area (Å²) in [5.74, 6) is -1.58. The molecule has 9 nitrogen and oxygen atoms in total. The number of ether oxygens (including phenoxy) is 2. The van der Waals surface area contributed by atoms with Crippen LogP contribution in [0.2, 0.25) is 0 Å². The lowest BCUT2D eigenvalue weighted by Crippen LogP contribution is -2.57. The maximum atomic E-state index is 14.4. The summed E-state index contributed by atoms with van der Waals surface area (Å²) >= 11 is 0. The average molecular weight is 610 g/mol. The first-order chi connectivity index (χ1) is 20.2. The van der Waals surface area contributed by atoms with Crippen molar-refractivity contribution in [3.05, 3.63) is 70.8 Å². The van der Waals surface area contributed by atoms with Crippen molar-refractivity contribution >= 4 is 23.9 Å². The largest absolute Gasteiger partial charge is 0.458 e. The quantitative estimate of drug-likeness (QED) is 0.304. The van der Waals surface area contributed by atoms with Crippen LogP contribution in [0.25, 0.3) is 0 Å². The lowest BCUT2D eigenvalue weighted by molar-refractivity contribution is -0.159. The Kier molecular flexibility index (Phi) is 12.2. The summed E-state index contributed by atoms with van der Waals surface area (Å²) in [5.41, 5.74) is 0.937. The number of nitrogens with one attached hydrogen (secondary N) is 2. The molecule has 0 saturated carbocycles. The van der Waals surface area contributed by atoms with Gasteiger partial charge in [-0.05, 0) is 86.8 Å². The second-order valence-electron chi connectivity index (χ2n) is 13.9. The Morgan fingerprint density at radius 1 is 0.818 bits per heavy atom. The molecule has 44 heavy (non-hydrogen) atoms. The fraction of sp³-hybridized carbons (Fsp3) is 0.543. The van der Waals surface area contributed by atoms with Gasteiger partial charge in [0.2, 0.25) is 11.8 Å². The van der Waals surface area contributed by atoms with Crippen LogP contribution in [0.5, 0.6) is 0 Å². The molecular weight excluding hydrogens is 558 g/mol. The summed E-state index contributed by atoms with van der Waals surface area (Å²) in [6, 6.07) is 12.9. The van der Waals surface area contributed by atoms with Crippen molar-refractivity contribution in [2.24, 2.45) is 0 Å². The number of amides is 3. The smallest absolute Gasteiger partial charge is 0.408 e. The van der Waals surface area contributed by atoms with Crippen molar-refractivity contribution < 1.29 is 28.7 Å². The second kappa shape index (κ2) is 14.7. The highest BCUT2D eigenvalue weighted by Gasteiger charge is 2.41. The van der Waals surface area contributed by atoms with E-state index in [2.05, 4.69) is 10.6 Å². The van der Waals surface area contributed by atoms with Crippen LogP contribution in [0.15, 0.2) is 48.5 Å². The molecule has 0 bridgehead atoms. The zero-order chi connectivity index (χ0) is 33.5. The molecule has 3 amide bonds. The number of esters is 1. The van der Waals surface area contributed by atoms with Crippen LogP contribution < -0.4 is 10.6 Å². The van der Waals surface area contributed by atoms with Crippen molar-refractivity contribution in [3.8, 4) is 0 Å². The first-order valence-electron chi connectivity index (χ1n) is 15.2. The Balaban J connectivity index is 2.60. The number of carbonyl (C=O) groups excluding carboxylic acids is 4. The summed E-state index contributed by atoms with van der Waals surface area (Å²) < 4.78 is 11.0. The number of carbonyl (C=O) groups is 4. The first kappa shape index (κ1) is 36.3. The molecule has 242 valence electrons. The fourth-order valence-electron chi connectivity index (χ4n) is 4.80. The molecule has 0 aromatic heterocycles. The molecule has 0 fully saturated rings. The number of hydrogen-bond donors (Lipinski definition) is 2. The summed E-state index contributed by atoms with van der Waals surface area (Å²) in [7, 11) is 0. The highest BCUT2D eigenvalue weighted by atomic mass is 16.6. The van der Waals surface area contributed by atoms with Gasteiger partial charge in [0.1, 0.15) is 29.8 Å². The minimum absolute atomic E-state index is 0.201. The van der Waals surface area contributed by atoms with Crippen molar-refractivity contribution in [1.29, 1.82) is 0 Å². The van der Waals surface area contributed by atoms with Crippen LogP contribution in [-0.4, -0.2) is 58.1 Å². The minimum Gasteiger partial charge on any atom is -0.458 e. The standard InChI is InChI=1S/C35H51N3O6/c1-12-35(10,11)38(28(39)22-36-32(42)44-34(7,8)9)29(26-19-23(2)18-24(3)20-26)30(40)37-27(31(41)43-33(4,5)6)21-25-16-14-13-15-17-25/h13-20,27,29H,12,21-22H2,1-11H3,(H,36,42)(H,37,40). The van der Waals surface area contributed by atoms with Crippen molar-refractivity contribution in [1.82, 2.24) is 15.5 Å². The Hall–Kier alpha value is -3.88. The van der Waals surface area contributed by atoms with Crippen LogP contribution in [0.1, 0.15) is 97.0 Å². The minimum atomic E-state index is -1.11.